The number of rotatable bonds is 6. The molecule has 0 unspecified atom stereocenters. The van der Waals surface area contributed by atoms with Crippen LogP contribution in [0, 0.1) is 0 Å². The fourth-order valence-electron chi connectivity index (χ4n) is 5.52. The maximum Gasteiger partial charge on any atom is 0.342 e. The van der Waals surface area contributed by atoms with E-state index in [-0.39, 0.29) is 12.0 Å². The second-order valence-electron chi connectivity index (χ2n) is 11.9. The highest BCUT2D eigenvalue weighted by Crippen LogP contribution is 2.40. The summed E-state index contributed by atoms with van der Waals surface area (Å²) in [6.45, 7) is 12.7. The average Bonchev–Trinajstić information content (AvgIpc) is 3.43. The zero-order chi connectivity index (χ0) is 33.1. The summed E-state index contributed by atoms with van der Waals surface area (Å²) in [4.78, 5) is 32.1. The second kappa shape index (κ2) is 15.9. The fourth-order valence-corrected chi connectivity index (χ4v) is 5.52. The molecule has 1 N–H and O–H groups in total. The summed E-state index contributed by atoms with van der Waals surface area (Å²) in [5, 5.41) is 1.03. The third-order valence-corrected chi connectivity index (χ3v) is 7.55. The molecule has 3 aromatic carbocycles. The van der Waals surface area contributed by atoms with Crippen molar-refractivity contribution in [1.29, 1.82) is 0 Å². The highest BCUT2D eigenvalue weighted by Gasteiger charge is 2.37. The first-order valence-electron chi connectivity index (χ1n) is 16.1. The van der Waals surface area contributed by atoms with Crippen LogP contribution in [0.1, 0.15) is 81.6 Å². The number of allylic oxidation sites excluding steroid dienone is 4. The number of amides is 1. The van der Waals surface area contributed by atoms with E-state index in [4.69, 9.17) is 9.47 Å². The van der Waals surface area contributed by atoms with E-state index in [1.165, 1.54) is 0 Å². The number of aromatic nitrogens is 1. The van der Waals surface area contributed by atoms with Crippen molar-refractivity contribution >= 4 is 28.4 Å². The molecule has 0 fully saturated rings. The van der Waals surface area contributed by atoms with Crippen LogP contribution in [-0.4, -0.2) is 34.4 Å². The number of carbonyl (C=O) groups is 2. The van der Waals surface area contributed by atoms with Crippen LogP contribution in [0.4, 0.5) is 0 Å². The van der Waals surface area contributed by atoms with Crippen LogP contribution in [0.5, 0.6) is 5.75 Å². The summed E-state index contributed by atoms with van der Waals surface area (Å²) >= 11 is 0. The highest BCUT2D eigenvalue weighted by molar-refractivity contribution is 6.18. The number of H-pyrrole nitrogens is 1. The molecule has 2 heterocycles. The normalized spacial score (nSPS) is 14.6. The number of esters is 1. The van der Waals surface area contributed by atoms with Gasteiger partial charge in [0.05, 0.1) is 17.4 Å². The minimum absolute atomic E-state index is 0.197. The number of nitrogens with one attached hydrogen (secondary N) is 1. The number of aromatic amines is 1. The number of ether oxygens (including phenoxy) is 2. The average molecular weight is 619 g/mol. The zero-order valence-corrected chi connectivity index (χ0v) is 27.9. The summed E-state index contributed by atoms with van der Waals surface area (Å²) in [5.74, 6) is 0.0183. The first kappa shape index (κ1) is 34.0. The van der Waals surface area contributed by atoms with Gasteiger partial charge in [0.25, 0.3) is 5.91 Å². The van der Waals surface area contributed by atoms with E-state index < -0.39 is 11.4 Å². The van der Waals surface area contributed by atoms with E-state index in [1.807, 2.05) is 82.3 Å². The minimum atomic E-state index is -0.465. The molecular weight excluding hydrogens is 572 g/mol. The molecule has 0 saturated heterocycles. The van der Waals surface area contributed by atoms with Crippen LogP contribution >= 0.6 is 0 Å². The summed E-state index contributed by atoms with van der Waals surface area (Å²) in [5.41, 5.74) is 4.12. The van der Waals surface area contributed by atoms with Gasteiger partial charge in [0.2, 0.25) is 0 Å². The molecule has 0 spiro atoms. The molecule has 0 radical (unpaired) electrons. The van der Waals surface area contributed by atoms with Crippen molar-refractivity contribution in [2.24, 2.45) is 0 Å². The molecule has 1 aliphatic carbocycles. The summed E-state index contributed by atoms with van der Waals surface area (Å²) in [6, 6.07) is 25.0. The van der Waals surface area contributed by atoms with Gasteiger partial charge < -0.3 is 19.4 Å². The minimum Gasteiger partial charge on any atom is -0.489 e. The largest absolute Gasteiger partial charge is 0.489 e. The van der Waals surface area contributed by atoms with Crippen molar-refractivity contribution in [3.05, 3.63) is 132 Å². The van der Waals surface area contributed by atoms with Crippen molar-refractivity contribution in [3.8, 4) is 5.75 Å². The maximum absolute atomic E-state index is 13.7. The van der Waals surface area contributed by atoms with Gasteiger partial charge in [-0.05, 0) is 68.1 Å². The quantitative estimate of drug-likeness (QED) is 0.173. The van der Waals surface area contributed by atoms with Crippen molar-refractivity contribution in [1.82, 2.24) is 9.88 Å². The second-order valence-corrected chi connectivity index (χ2v) is 11.9. The Kier molecular flexibility index (Phi) is 11.8. The number of fused-ring (bicyclic) bond motifs is 3. The van der Waals surface area contributed by atoms with Gasteiger partial charge in [0.1, 0.15) is 12.4 Å². The van der Waals surface area contributed by atoms with Crippen molar-refractivity contribution in [2.45, 2.75) is 72.5 Å². The Balaban J connectivity index is 0.000000531. The molecule has 2 aliphatic rings. The Morgan fingerprint density at radius 3 is 2.07 bits per heavy atom. The third kappa shape index (κ3) is 8.45. The highest BCUT2D eigenvalue weighted by atomic mass is 16.5. The molecule has 4 aromatic rings. The number of benzene rings is 3. The van der Waals surface area contributed by atoms with E-state index in [0.717, 1.165) is 34.9 Å². The van der Waals surface area contributed by atoms with Gasteiger partial charge in [-0.2, -0.15) is 0 Å². The maximum atomic E-state index is 13.7. The lowest BCUT2D eigenvalue weighted by atomic mass is 9.81. The van der Waals surface area contributed by atoms with Crippen LogP contribution < -0.4 is 4.74 Å². The molecule has 0 bridgehead atoms. The standard InChI is InChI=1S/C32H32N2O4.C6H8.C2H6/c1-21(2)38-31(36)26-18-34(20-32(3,4)28-25-12-8-9-13-27(25)33-29(26)28)30(35)23-14-16-24(17-15-23)37-19-22-10-6-5-7-11-22;1-2-4-6-5-3-1;1-2/h5-18,21,33H,19-20H2,1-4H3;1-2,5-6H,3-4H2;1-2H3. The Hall–Kier alpha value is -4.84. The summed E-state index contributed by atoms with van der Waals surface area (Å²) in [6.07, 6.45) is 12.3. The Morgan fingerprint density at radius 2 is 1.46 bits per heavy atom. The lowest BCUT2D eigenvalue weighted by Gasteiger charge is -2.29. The Morgan fingerprint density at radius 1 is 0.848 bits per heavy atom. The molecular formula is C40H46N2O4. The van der Waals surface area contributed by atoms with Gasteiger partial charge in [0.15, 0.2) is 0 Å². The third-order valence-electron chi connectivity index (χ3n) is 7.55. The lowest BCUT2D eigenvalue weighted by Crippen LogP contribution is -2.36. The molecule has 6 rings (SSSR count). The Bertz CT molecular complexity index is 1670. The molecule has 0 saturated carbocycles. The number of hydrogen-bond donors (Lipinski definition) is 1. The molecule has 1 amide bonds. The molecule has 1 aliphatic heterocycles. The summed E-state index contributed by atoms with van der Waals surface area (Å²) in [7, 11) is 0. The first-order chi connectivity index (χ1) is 22.2. The van der Waals surface area contributed by atoms with Gasteiger partial charge in [-0.15, -0.1) is 0 Å². The number of nitrogens with zero attached hydrogens (tertiary/aromatic N) is 1. The SMILES string of the molecule is C1=CCC=CC1.CC.CC(C)OC(=O)C1=CN(C(=O)c2ccc(OCc3ccccc3)cc2)CC(C)(C)c2c1[nH]c1ccccc21. The smallest absolute Gasteiger partial charge is 0.342 e. The fraction of sp³-hybridized carbons (Fsp3) is 0.300. The predicted octanol–water partition coefficient (Wildman–Crippen LogP) is 9.39. The predicted molar refractivity (Wildman–Crippen MR) is 188 cm³/mol. The van der Waals surface area contributed by atoms with Crippen molar-refractivity contribution < 1.29 is 19.1 Å². The van der Waals surface area contributed by atoms with Crippen LogP contribution in [0.2, 0.25) is 0 Å². The van der Waals surface area contributed by atoms with Gasteiger partial charge in [-0.25, -0.2) is 4.79 Å². The van der Waals surface area contributed by atoms with E-state index >= 15 is 0 Å². The van der Waals surface area contributed by atoms with E-state index in [9.17, 15) is 9.59 Å². The van der Waals surface area contributed by atoms with Crippen molar-refractivity contribution in [2.75, 3.05) is 6.54 Å². The van der Waals surface area contributed by atoms with Gasteiger partial charge in [-0.1, -0.05) is 101 Å². The van der Waals surface area contributed by atoms with E-state index in [1.54, 1.807) is 35.4 Å². The van der Waals surface area contributed by atoms with Gasteiger partial charge in [0, 0.05) is 34.6 Å². The molecule has 6 nitrogen and oxygen atoms in total. The zero-order valence-electron chi connectivity index (χ0n) is 27.9. The summed E-state index contributed by atoms with van der Waals surface area (Å²) < 4.78 is 11.5. The van der Waals surface area contributed by atoms with Crippen LogP contribution in [0.3, 0.4) is 0 Å². The van der Waals surface area contributed by atoms with Gasteiger partial charge >= 0.3 is 5.97 Å². The lowest BCUT2D eigenvalue weighted by molar-refractivity contribution is -0.140. The van der Waals surface area contributed by atoms with E-state index in [0.29, 0.717) is 35.7 Å². The van der Waals surface area contributed by atoms with Crippen LogP contribution in [0.15, 0.2) is 109 Å². The van der Waals surface area contributed by atoms with Gasteiger partial charge in [-0.3, -0.25) is 4.79 Å². The molecule has 0 atom stereocenters. The topological polar surface area (TPSA) is 71.6 Å². The monoisotopic (exact) mass is 618 g/mol. The molecule has 46 heavy (non-hydrogen) atoms. The molecule has 6 heteroatoms. The Labute approximate surface area is 273 Å². The number of carbonyl (C=O) groups excluding carboxylic acids is 2. The molecule has 240 valence electrons. The van der Waals surface area contributed by atoms with E-state index in [2.05, 4.69) is 43.1 Å². The number of hydrogen-bond acceptors (Lipinski definition) is 4. The number of para-hydroxylation sites is 1. The van der Waals surface area contributed by atoms with Crippen molar-refractivity contribution in [3.63, 3.8) is 0 Å². The van der Waals surface area contributed by atoms with Crippen LogP contribution in [0.25, 0.3) is 16.5 Å². The first-order valence-corrected chi connectivity index (χ1v) is 16.1. The molecule has 1 aromatic heterocycles. The van der Waals surface area contributed by atoms with Crippen LogP contribution in [-0.2, 0) is 21.6 Å².